The summed E-state index contributed by atoms with van der Waals surface area (Å²) in [5, 5.41) is -1.20. The number of halogens is 1. The number of hydrogen-bond acceptors (Lipinski definition) is 5. The van der Waals surface area contributed by atoms with Crippen molar-refractivity contribution >= 4 is 44.5 Å². The molecule has 3 rings (SSSR count). The highest BCUT2D eigenvalue weighted by Crippen LogP contribution is 2.33. The van der Waals surface area contributed by atoms with E-state index in [2.05, 4.69) is 11.8 Å². The lowest BCUT2D eigenvalue weighted by Crippen LogP contribution is -2.37. The third kappa shape index (κ3) is 3.63. The molecule has 0 spiro atoms. The summed E-state index contributed by atoms with van der Waals surface area (Å²) in [6.45, 7) is 0. The molecular weight excluding hydrogens is 394 g/mol. The van der Waals surface area contributed by atoms with Gasteiger partial charge in [0.15, 0.2) is 0 Å². The fourth-order valence-corrected chi connectivity index (χ4v) is 5.03. The molecule has 0 aromatic heterocycles. The molecule has 0 saturated carbocycles. The second-order valence-corrected chi connectivity index (χ2v) is 8.63. The van der Waals surface area contributed by atoms with Gasteiger partial charge in [0, 0.05) is 12.0 Å². The Balaban J connectivity index is 1.79. The van der Waals surface area contributed by atoms with Gasteiger partial charge in [-0.1, -0.05) is 53.8 Å². The molecule has 132 valence electrons. The molecule has 2 aromatic carbocycles. The van der Waals surface area contributed by atoms with E-state index in [-0.39, 0.29) is 11.3 Å². The van der Waals surface area contributed by atoms with Crippen molar-refractivity contribution in [3.05, 3.63) is 65.2 Å². The molecule has 1 aliphatic rings. The van der Waals surface area contributed by atoms with Crippen molar-refractivity contribution in [2.24, 2.45) is 0 Å². The van der Waals surface area contributed by atoms with Crippen LogP contribution in [-0.2, 0) is 14.8 Å². The molecule has 1 saturated heterocycles. The molecule has 1 atom stereocenters. The average molecular weight is 406 g/mol. The van der Waals surface area contributed by atoms with E-state index < -0.39 is 26.4 Å². The van der Waals surface area contributed by atoms with Crippen molar-refractivity contribution in [1.82, 2.24) is 4.31 Å². The standard InChI is InChI=1S/C18H12ClNO4S2/c19-15-11-5-4-7-13(15)8-6-12-16-17(21)20(18(22)25-16)26(23,24)14-9-2-1-3-10-14/h1-5,7,9-11,16H,12H2. The average Bonchev–Trinajstić information content (AvgIpc) is 2.91. The third-order valence-electron chi connectivity index (χ3n) is 3.55. The van der Waals surface area contributed by atoms with Crippen LogP contribution in [0, 0.1) is 11.8 Å². The van der Waals surface area contributed by atoms with Crippen molar-refractivity contribution in [2.75, 3.05) is 0 Å². The Bertz CT molecular complexity index is 1030. The number of nitrogens with zero attached hydrogens (tertiary/aromatic N) is 1. The van der Waals surface area contributed by atoms with Crippen molar-refractivity contribution in [3.63, 3.8) is 0 Å². The van der Waals surface area contributed by atoms with Gasteiger partial charge >= 0.3 is 5.24 Å². The summed E-state index contributed by atoms with van der Waals surface area (Å²) >= 11 is 6.67. The Morgan fingerprint density at radius 3 is 2.38 bits per heavy atom. The molecule has 5 nitrogen and oxygen atoms in total. The number of rotatable bonds is 3. The van der Waals surface area contributed by atoms with E-state index in [9.17, 15) is 18.0 Å². The maximum atomic E-state index is 12.6. The number of amides is 2. The van der Waals surface area contributed by atoms with E-state index >= 15 is 0 Å². The predicted molar refractivity (Wildman–Crippen MR) is 100 cm³/mol. The largest absolute Gasteiger partial charge is 0.303 e. The SMILES string of the molecule is O=C1SC(CC#Cc2ccccc2Cl)C(=O)N1S(=O)(=O)c1ccccc1. The van der Waals surface area contributed by atoms with E-state index in [4.69, 9.17) is 11.6 Å². The molecule has 0 bridgehead atoms. The zero-order valence-corrected chi connectivity index (χ0v) is 15.6. The first-order valence-electron chi connectivity index (χ1n) is 7.49. The number of sulfonamides is 1. The van der Waals surface area contributed by atoms with Gasteiger partial charge in [0.05, 0.1) is 9.92 Å². The van der Waals surface area contributed by atoms with Crippen LogP contribution in [0.25, 0.3) is 0 Å². The van der Waals surface area contributed by atoms with Gasteiger partial charge in [-0.3, -0.25) is 9.59 Å². The van der Waals surface area contributed by atoms with Gasteiger partial charge in [-0.25, -0.2) is 8.42 Å². The first kappa shape index (κ1) is 18.5. The van der Waals surface area contributed by atoms with Gasteiger partial charge in [0.2, 0.25) is 0 Å². The maximum Gasteiger partial charge on any atom is 0.303 e. The summed E-state index contributed by atoms with van der Waals surface area (Å²) in [7, 11) is -4.21. The normalized spacial score (nSPS) is 17.1. The first-order chi connectivity index (χ1) is 12.4. The molecule has 1 aliphatic heterocycles. The summed E-state index contributed by atoms with van der Waals surface area (Å²) in [5.74, 6) is 4.85. The van der Waals surface area contributed by atoms with E-state index in [1.807, 2.05) is 0 Å². The van der Waals surface area contributed by atoms with Crippen LogP contribution in [0.1, 0.15) is 12.0 Å². The van der Waals surface area contributed by atoms with Crippen LogP contribution in [0.5, 0.6) is 0 Å². The zero-order valence-electron chi connectivity index (χ0n) is 13.3. The van der Waals surface area contributed by atoms with Crippen molar-refractivity contribution in [3.8, 4) is 11.8 Å². The summed E-state index contributed by atoms with van der Waals surface area (Å²) in [6.07, 6.45) is 0.0429. The highest BCUT2D eigenvalue weighted by molar-refractivity contribution is 8.16. The van der Waals surface area contributed by atoms with Crippen molar-refractivity contribution < 1.29 is 18.0 Å². The van der Waals surface area contributed by atoms with Gasteiger partial charge in [0.25, 0.3) is 15.9 Å². The highest BCUT2D eigenvalue weighted by atomic mass is 35.5. The molecule has 0 radical (unpaired) electrons. The number of carbonyl (C=O) groups excluding carboxylic acids is 2. The molecule has 1 heterocycles. The van der Waals surface area contributed by atoms with Gasteiger partial charge in [-0.15, -0.1) is 0 Å². The van der Waals surface area contributed by atoms with E-state index in [1.165, 1.54) is 24.3 Å². The molecule has 1 fully saturated rings. The van der Waals surface area contributed by atoms with Crippen LogP contribution in [-0.4, -0.2) is 29.1 Å². The van der Waals surface area contributed by atoms with Gasteiger partial charge in [-0.2, -0.15) is 4.31 Å². The van der Waals surface area contributed by atoms with Crippen LogP contribution >= 0.6 is 23.4 Å². The lowest BCUT2D eigenvalue weighted by Gasteiger charge is -2.13. The number of carbonyl (C=O) groups is 2. The Morgan fingerprint density at radius 2 is 1.69 bits per heavy atom. The van der Waals surface area contributed by atoms with Crippen LogP contribution in [0.15, 0.2) is 59.5 Å². The van der Waals surface area contributed by atoms with E-state index in [0.717, 1.165) is 0 Å². The fraction of sp³-hybridized carbons (Fsp3) is 0.111. The van der Waals surface area contributed by atoms with Crippen LogP contribution in [0.2, 0.25) is 5.02 Å². The van der Waals surface area contributed by atoms with E-state index in [0.29, 0.717) is 26.7 Å². The molecule has 1 unspecified atom stereocenters. The van der Waals surface area contributed by atoms with Crippen LogP contribution in [0.4, 0.5) is 4.79 Å². The number of benzene rings is 2. The summed E-state index contributed by atoms with van der Waals surface area (Å²) in [6, 6.07) is 14.4. The second kappa shape index (κ2) is 7.54. The third-order valence-corrected chi connectivity index (χ3v) is 6.73. The van der Waals surface area contributed by atoms with E-state index in [1.54, 1.807) is 30.3 Å². The Kier molecular flexibility index (Phi) is 5.37. The molecular formula is C18H12ClNO4S2. The van der Waals surface area contributed by atoms with Crippen LogP contribution in [0.3, 0.4) is 0 Å². The molecule has 2 aromatic rings. The van der Waals surface area contributed by atoms with Crippen LogP contribution < -0.4 is 0 Å². The molecule has 0 aliphatic carbocycles. The lowest BCUT2D eigenvalue weighted by molar-refractivity contribution is -0.123. The number of hydrogen-bond donors (Lipinski definition) is 0. The Hall–Kier alpha value is -2.27. The number of imide groups is 1. The zero-order chi connectivity index (χ0) is 18.7. The second-order valence-electron chi connectivity index (χ2n) is 5.28. The van der Waals surface area contributed by atoms with Crippen molar-refractivity contribution in [1.29, 1.82) is 0 Å². The molecule has 0 N–H and O–H groups in total. The molecule has 2 amide bonds. The Morgan fingerprint density at radius 1 is 1.04 bits per heavy atom. The first-order valence-corrected chi connectivity index (χ1v) is 10.2. The summed E-state index contributed by atoms with van der Waals surface area (Å²) < 4.78 is 25.4. The van der Waals surface area contributed by atoms with Gasteiger partial charge in [-0.05, 0) is 36.0 Å². The van der Waals surface area contributed by atoms with Crippen molar-refractivity contribution in [2.45, 2.75) is 16.6 Å². The summed E-state index contributed by atoms with van der Waals surface area (Å²) in [4.78, 5) is 24.5. The predicted octanol–water partition coefficient (Wildman–Crippen LogP) is 3.53. The smallest absolute Gasteiger partial charge is 0.272 e. The lowest BCUT2D eigenvalue weighted by atomic mass is 10.2. The van der Waals surface area contributed by atoms with Gasteiger partial charge in [0.1, 0.15) is 5.25 Å². The highest BCUT2D eigenvalue weighted by Gasteiger charge is 2.46. The number of thioether (sulfide) groups is 1. The van der Waals surface area contributed by atoms with Gasteiger partial charge < -0.3 is 0 Å². The molecule has 26 heavy (non-hydrogen) atoms. The maximum absolute atomic E-state index is 12.6. The minimum atomic E-state index is -4.21. The minimum Gasteiger partial charge on any atom is -0.272 e. The quantitative estimate of drug-likeness (QED) is 0.730. The topological polar surface area (TPSA) is 71.5 Å². The Labute approximate surface area is 160 Å². The minimum absolute atomic E-state index is 0.0429. The fourth-order valence-electron chi connectivity index (χ4n) is 2.29. The monoisotopic (exact) mass is 405 g/mol. The summed E-state index contributed by atoms with van der Waals surface area (Å²) in [5.41, 5.74) is 0.602. The molecule has 8 heteroatoms.